The van der Waals surface area contributed by atoms with Crippen molar-refractivity contribution >= 4 is 74.6 Å². The zero-order chi connectivity index (χ0) is 30.9. The Hall–Kier alpha value is -3.64. The molecular weight excluding hydrogens is 679 g/mol. The summed E-state index contributed by atoms with van der Waals surface area (Å²) in [5.41, 5.74) is 5.43. The lowest BCUT2D eigenvalue weighted by Crippen LogP contribution is -2.45. The van der Waals surface area contributed by atoms with Crippen LogP contribution >= 0.6 is 51.3 Å². The average molecular weight is 706 g/mol. The van der Waals surface area contributed by atoms with Gasteiger partial charge in [-0.05, 0) is 71.8 Å². The fourth-order valence-corrected chi connectivity index (χ4v) is 5.62. The van der Waals surface area contributed by atoms with Crippen molar-refractivity contribution in [2.45, 2.75) is 26.5 Å². The van der Waals surface area contributed by atoms with Gasteiger partial charge in [-0.15, -0.1) is 0 Å². The standard InChI is InChI=1S/C30H27BrCl2N4O5S/c1-3-40-29(39)26-17(2)35-30(43)36-27(26)20-9-5-7-11-24(20)41-16-25(38)37-34-14-18-12-21(31)28(23(33)13-18)42-15-19-8-4-6-10-22(19)32/h4-14,27H,3,15-16H2,1-2H3,(H,37,38)(H2,35,36,43)/t27-/m1/s1. The van der Waals surface area contributed by atoms with E-state index in [0.717, 1.165) is 5.56 Å². The van der Waals surface area contributed by atoms with Crippen molar-refractivity contribution in [1.29, 1.82) is 0 Å². The predicted molar refractivity (Wildman–Crippen MR) is 174 cm³/mol. The van der Waals surface area contributed by atoms with Crippen molar-refractivity contribution < 1.29 is 23.8 Å². The number of para-hydroxylation sites is 1. The van der Waals surface area contributed by atoms with Gasteiger partial charge in [0.15, 0.2) is 17.5 Å². The molecule has 0 aromatic heterocycles. The summed E-state index contributed by atoms with van der Waals surface area (Å²) in [5.74, 6) is -0.139. The largest absolute Gasteiger partial charge is 0.486 e. The maximum absolute atomic E-state index is 12.7. The van der Waals surface area contributed by atoms with E-state index in [1.807, 2.05) is 18.2 Å². The molecule has 0 aliphatic carbocycles. The molecule has 0 saturated heterocycles. The van der Waals surface area contributed by atoms with Crippen molar-refractivity contribution in [1.82, 2.24) is 16.1 Å². The quantitative estimate of drug-likeness (QED) is 0.0934. The average Bonchev–Trinajstić information content (AvgIpc) is 2.96. The molecule has 0 spiro atoms. The van der Waals surface area contributed by atoms with Crippen molar-refractivity contribution in [3.05, 3.63) is 103 Å². The van der Waals surface area contributed by atoms with Crippen LogP contribution in [0.2, 0.25) is 10.0 Å². The lowest BCUT2D eigenvalue weighted by Gasteiger charge is -2.30. The minimum Gasteiger partial charge on any atom is -0.486 e. The van der Waals surface area contributed by atoms with E-state index in [1.165, 1.54) is 6.21 Å². The summed E-state index contributed by atoms with van der Waals surface area (Å²) in [5, 5.41) is 11.4. The first kappa shape index (κ1) is 32.3. The molecule has 9 nitrogen and oxygen atoms in total. The first-order valence-corrected chi connectivity index (χ1v) is 15.0. The van der Waals surface area contributed by atoms with Crippen LogP contribution in [-0.2, 0) is 20.9 Å². The van der Waals surface area contributed by atoms with E-state index >= 15 is 0 Å². The predicted octanol–water partition coefficient (Wildman–Crippen LogP) is 6.22. The fourth-order valence-electron chi connectivity index (χ4n) is 4.17. The highest BCUT2D eigenvalue weighted by Crippen LogP contribution is 2.36. The second-order valence-corrected chi connectivity index (χ2v) is 11.2. The van der Waals surface area contributed by atoms with Gasteiger partial charge in [-0.25, -0.2) is 10.2 Å². The van der Waals surface area contributed by atoms with Crippen molar-refractivity contribution in [2.24, 2.45) is 5.10 Å². The number of nitrogens with zero attached hydrogens (tertiary/aromatic N) is 1. The number of benzene rings is 3. The smallest absolute Gasteiger partial charge is 0.338 e. The molecule has 0 radical (unpaired) electrons. The minimum absolute atomic E-state index is 0.219. The van der Waals surface area contributed by atoms with Gasteiger partial charge in [0.1, 0.15) is 12.4 Å². The summed E-state index contributed by atoms with van der Waals surface area (Å²) in [6.45, 7) is 3.60. The molecule has 1 aliphatic rings. The summed E-state index contributed by atoms with van der Waals surface area (Å²) in [6.07, 6.45) is 1.44. The maximum atomic E-state index is 12.7. The number of hydrogen-bond donors (Lipinski definition) is 3. The van der Waals surface area contributed by atoms with E-state index in [4.69, 9.17) is 49.6 Å². The first-order chi connectivity index (χ1) is 20.7. The third-order valence-corrected chi connectivity index (χ3v) is 7.57. The van der Waals surface area contributed by atoms with Crippen LogP contribution in [0.4, 0.5) is 0 Å². The second-order valence-electron chi connectivity index (χ2n) is 9.10. The highest BCUT2D eigenvalue weighted by Gasteiger charge is 2.32. The van der Waals surface area contributed by atoms with E-state index < -0.39 is 17.9 Å². The second kappa shape index (κ2) is 15.2. The van der Waals surface area contributed by atoms with Gasteiger partial charge in [-0.3, -0.25) is 4.79 Å². The lowest BCUT2D eigenvalue weighted by molar-refractivity contribution is -0.139. The molecule has 4 rings (SSSR count). The number of nitrogens with one attached hydrogen (secondary N) is 3. The molecule has 0 unspecified atom stereocenters. The van der Waals surface area contributed by atoms with Gasteiger partial charge in [0.25, 0.3) is 5.91 Å². The number of carbonyl (C=O) groups excluding carboxylic acids is 2. The minimum atomic E-state index is -0.634. The molecule has 3 N–H and O–H groups in total. The molecule has 43 heavy (non-hydrogen) atoms. The van der Waals surface area contributed by atoms with Crippen molar-refractivity contribution in [3.63, 3.8) is 0 Å². The normalized spacial score (nSPS) is 14.6. The van der Waals surface area contributed by atoms with Crippen LogP contribution in [0.5, 0.6) is 11.5 Å². The Morgan fingerprint density at radius 1 is 1.09 bits per heavy atom. The third kappa shape index (κ3) is 8.47. The molecule has 1 amide bonds. The number of hydrogen-bond acceptors (Lipinski definition) is 7. The number of allylic oxidation sites excluding steroid dienone is 1. The summed E-state index contributed by atoms with van der Waals surface area (Å²) < 4.78 is 17.5. The highest BCUT2D eigenvalue weighted by molar-refractivity contribution is 9.10. The molecule has 1 atom stereocenters. The van der Waals surface area contributed by atoms with Gasteiger partial charge in [0, 0.05) is 21.8 Å². The first-order valence-electron chi connectivity index (χ1n) is 13.0. The van der Waals surface area contributed by atoms with Crippen molar-refractivity contribution in [2.75, 3.05) is 13.2 Å². The van der Waals surface area contributed by atoms with E-state index in [-0.39, 0.29) is 19.8 Å². The highest BCUT2D eigenvalue weighted by atomic mass is 79.9. The molecule has 0 fully saturated rings. The van der Waals surface area contributed by atoms with Crippen LogP contribution in [-0.4, -0.2) is 36.4 Å². The maximum Gasteiger partial charge on any atom is 0.338 e. The Kier molecular flexibility index (Phi) is 11.4. The van der Waals surface area contributed by atoms with Crippen LogP contribution in [0, 0.1) is 0 Å². The zero-order valence-electron chi connectivity index (χ0n) is 23.1. The number of esters is 1. The van der Waals surface area contributed by atoms with E-state index in [2.05, 4.69) is 37.1 Å². The molecule has 0 bridgehead atoms. The topological polar surface area (TPSA) is 110 Å². The van der Waals surface area contributed by atoms with Crippen LogP contribution in [0.1, 0.15) is 36.6 Å². The molecule has 224 valence electrons. The molecule has 0 saturated carbocycles. The molecule has 1 heterocycles. The zero-order valence-corrected chi connectivity index (χ0v) is 27.0. The monoisotopic (exact) mass is 704 g/mol. The van der Waals surface area contributed by atoms with E-state index in [1.54, 1.807) is 56.3 Å². The van der Waals surface area contributed by atoms with Crippen LogP contribution in [0.25, 0.3) is 0 Å². The van der Waals surface area contributed by atoms with Gasteiger partial charge in [0.2, 0.25) is 0 Å². The summed E-state index contributed by atoms with van der Waals surface area (Å²) in [7, 11) is 0. The van der Waals surface area contributed by atoms with E-state index in [0.29, 0.717) is 53.5 Å². The van der Waals surface area contributed by atoms with Gasteiger partial charge < -0.3 is 24.8 Å². The fraction of sp³-hybridized carbons (Fsp3) is 0.200. The number of hydrazone groups is 1. The summed E-state index contributed by atoms with van der Waals surface area (Å²) >= 11 is 21.4. The van der Waals surface area contributed by atoms with Gasteiger partial charge in [0.05, 0.1) is 33.9 Å². The lowest BCUT2D eigenvalue weighted by atomic mass is 9.95. The Morgan fingerprint density at radius 3 is 2.58 bits per heavy atom. The number of carbonyl (C=O) groups is 2. The third-order valence-electron chi connectivity index (χ3n) is 6.11. The molecular formula is C30H27BrCl2N4O5S. The van der Waals surface area contributed by atoms with Crippen LogP contribution < -0.4 is 25.5 Å². The number of rotatable bonds is 11. The van der Waals surface area contributed by atoms with Gasteiger partial charge in [-0.2, -0.15) is 5.10 Å². The Bertz CT molecular complexity index is 1580. The van der Waals surface area contributed by atoms with Gasteiger partial charge in [-0.1, -0.05) is 59.6 Å². The van der Waals surface area contributed by atoms with E-state index in [9.17, 15) is 9.59 Å². The number of halogens is 3. The Morgan fingerprint density at radius 2 is 1.84 bits per heavy atom. The van der Waals surface area contributed by atoms with Crippen LogP contribution in [0.15, 0.2) is 81.5 Å². The number of amides is 1. The molecule has 1 aliphatic heterocycles. The Labute approximate surface area is 272 Å². The van der Waals surface area contributed by atoms with Crippen LogP contribution in [0.3, 0.4) is 0 Å². The van der Waals surface area contributed by atoms with Gasteiger partial charge >= 0.3 is 5.97 Å². The summed E-state index contributed by atoms with van der Waals surface area (Å²) in [6, 6.07) is 17.2. The molecule has 3 aromatic carbocycles. The molecule has 13 heteroatoms. The number of thiocarbonyl (C=S) groups is 1. The number of ether oxygens (including phenoxy) is 3. The summed E-state index contributed by atoms with van der Waals surface area (Å²) in [4.78, 5) is 25.3. The molecule has 3 aromatic rings. The SMILES string of the molecule is CCOC(=O)C1=C(C)NC(=S)N[C@@H]1c1ccccc1OCC(=O)NN=Cc1cc(Cl)c(OCc2ccccc2Cl)c(Br)c1. The van der Waals surface area contributed by atoms with Crippen molar-refractivity contribution in [3.8, 4) is 11.5 Å². The Balaban J connectivity index is 1.38.